The lowest BCUT2D eigenvalue weighted by molar-refractivity contribution is 0.472. The van der Waals surface area contributed by atoms with E-state index in [1.54, 1.807) is 7.05 Å². The maximum atomic E-state index is 11.0. The third kappa shape index (κ3) is 8.74. The molecule has 0 heterocycles. The van der Waals surface area contributed by atoms with Gasteiger partial charge in [-0.1, -0.05) is 6.08 Å². The molecule has 0 rings (SSSR count). The fourth-order valence-corrected chi connectivity index (χ4v) is 1.78. The molecule has 0 aromatic heterocycles. The van der Waals surface area contributed by atoms with Gasteiger partial charge < -0.3 is 10.2 Å². The molecule has 6 heteroatoms. The Morgan fingerprint density at radius 1 is 1.53 bits per heavy atom. The summed E-state index contributed by atoms with van der Waals surface area (Å²) in [7, 11) is 0.693. The topological polar surface area (TPSA) is 61.8 Å². The van der Waals surface area contributed by atoms with Crippen molar-refractivity contribution in [3.05, 3.63) is 12.7 Å². The van der Waals surface area contributed by atoms with Crippen molar-refractivity contribution in [2.45, 2.75) is 12.8 Å². The van der Waals surface area contributed by atoms with E-state index < -0.39 is 9.84 Å². The van der Waals surface area contributed by atoms with Gasteiger partial charge >= 0.3 is 0 Å². The average molecular weight is 261 g/mol. The second-order valence-electron chi connectivity index (χ2n) is 3.96. The summed E-state index contributed by atoms with van der Waals surface area (Å²) in [4.78, 5) is 6.08. The normalized spacial score (nSPS) is 12.3. The lowest BCUT2D eigenvalue weighted by atomic mass is 10.3. The zero-order valence-corrected chi connectivity index (χ0v) is 11.8. The fraction of sp³-hybridized carbons (Fsp3) is 0.727. The largest absolute Gasteiger partial charge is 0.355 e. The molecule has 0 spiro atoms. The summed E-state index contributed by atoms with van der Waals surface area (Å²) in [6.07, 6.45) is 5.08. The van der Waals surface area contributed by atoms with E-state index in [4.69, 9.17) is 0 Å². The van der Waals surface area contributed by atoms with Crippen molar-refractivity contribution < 1.29 is 8.42 Å². The number of guanidine groups is 1. The summed E-state index contributed by atoms with van der Waals surface area (Å²) >= 11 is 0. The molecule has 0 saturated carbocycles. The molecule has 5 nitrogen and oxygen atoms in total. The van der Waals surface area contributed by atoms with Crippen molar-refractivity contribution in [1.82, 2.24) is 10.2 Å². The molecular weight excluding hydrogens is 238 g/mol. The number of nitrogens with one attached hydrogen (secondary N) is 1. The van der Waals surface area contributed by atoms with E-state index in [9.17, 15) is 8.42 Å². The standard InChI is InChI=1S/C11H23N3O2S/c1-5-6-7-9-14(3)11(12-2)13-8-10-17(4,15)16/h5H,1,6-10H2,2-4H3,(H,12,13). The van der Waals surface area contributed by atoms with Crippen LogP contribution in [0.2, 0.25) is 0 Å². The lowest BCUT2D eigenvalue weighted by Gasteiger charge is -2.21. The molecule has 0 unspecified atom stereocenters. The van der Waals surface area contributed by atoms with Crippen LogP contribution in [0.4, 0.5) is 0 Å². The van der Waals surface area contributed by atoms with Crippen LogP contribution in [0.1, 0.15) is 12.8 Å². The van der Waals surface area contributed by atoms with Crippen LogP contribution >= 0.6 is 0 Å². The molecule has 0 atom stereocenters. The van der Waals surface area contributed by atoms with E-state index in [0.29, 0.717) is 6.54 Å². The van der Waals surface area contributed by atoms with Gasteiger partial charge in [-0.3, -0.25) is 4.99 Å². The predicted octanol–water partition coefficient (Wildman–Crippen LogP) is 0.504. The van der Waals surface area contributed by atoms with Crippen LogP contribution in [0, 0.1) is 0 Å². The second-order valence-corrected chi connectivity index (χ2v) is 6.22. The van der Waals surface area contributed by atoms with Gasteiger partial charge in [0.05, 0.1) is 5.75 Å². The molecule has 0 saturated heterocycles. The first-order valence-electron chi connectivity index (χ1n) is 5.61. The van der Waals surface area contributed by atoms with Crippen LogP contribution in [0.3, 0.4) is 0 Å². The zero-order valence-electron chi connectivity index (χ0n) is 10.9. The van der Waals surface area contributed by atoms with E-state index in [-0.39, 0.29) is 5.75 Å². The SMILES string of the molecule is C=CCCCN(C)C(=NC)NCCS(C)(=O)=O. The monoisotopic (exact) mass is 261 g/mol. The van der Waals surface area contributed by atoms with Gasteiger partial charge in [0, 0.05) is 33.4 Å². The van der Waals surface area contributed by atoms with Crippen LogP contribution in [0.5, 0.6) is 0 Å². The number of unbranched alkanes of at least 4 members (excludes halogenated alkanes) is 1. The van der Waals surface area contributed by atoms with Crippen molar-refractivity contribution in [2.24, 2.45) is 4.99 Å². The van der Waals surface area contributed by atoms with Gasteiger partial charge in [0.1, 0.15) is 9.84 Å². The number of sulfone groups is 1. The Kier molecular flexibility index (Phi) is 7.61. The van der Waals surface area contributed by atoms with E-state index in [2.05, 4.69) is 16.9 Å². The molecular formula is C11H23N3O2S. The molecule has 0 aliphatic rings. The van der Waals surface area contributed by atoms with Crippen molar-refractivity contribution in [1.29, 1.82) is 0 Å². The number of hydrogen-bond acceptors (Lipinski definition) is 3. The van der Waals surface area contributed by atoms with Crippen molar-refractivity contribution in [2.75, 3.05) is 39.2 Å². The number of aliphatic imine (C=N–C) groups is 1. The van der Waals surface area contributed by atoms with Gasteiger partial charge in [-0.15, -0.1) is 6.58 Å². The summed E-state index contributed by atoms with van der Waals surface area (Å²) in [5.41, 5.74) is 0. The molecule has 0 radical (unpaired) electrons. The van der Waals surface area contributed by atoms with Crippen molar-refractivity contribution in [3.8, 4) is 0 Å². The van der Waals surface area contributed by atoms with E-state index in [0.717, 1.165) is 25.3 Å². The molecule has 17 heavy (non-hydrogen) atoms. The Labute approximate surface area is 105 Å². The van der Waals surface area contributed by atoms with Crippen LogP contribution in [0.15, 0.2) is 17.6 Å². The van der Waals surface area contributed by atoms with Gasteiger partial charge in [0.15, 0.2) is 5.96 Å². The summed E-state index contributed by atoms with van der Waals surface area (Å²) in [6.45, 7) is 4.92. The lowest BCUT2D eigenvalue weighted by Crippen LogP contribution is -2.41. The molecule has 100 valence electrons. The smallest absolute Gasteiger partial charge is 0.193 e. The minimum Gasteiger partial charge on any atom is -0.355 e. The molecule has 1 N–H and O–H groups in total. The van der Waals surface area contributed by atoms with Gasteiger partial charge in [-0.05, 0) is 12.8 Å². The molecule has 0 aromatic rings. The first-order valence-corrected chi connectivity index (χ1v) is 7.67. The van der Waals surface area contributed by atoms with Crippen molar-refractivity contribution in [3.63, 3.8) is 0 Å². The average Bonchev–Trinajstić information content (AvgIpc) is 2.23. The quantitative estimate of drug-likeness (QED) is 0.314. The molecule has 0 aromatic carbocycles. The highest BCUT2D eigenvalue weighted by Crippen LogP contribution is 1.94. The highest BCUT2D eigenvalue weighted by atomic mass is 32.2. The Balaban J connectivity index is 4.02. The zero-order chi connectivity index (χ0) is 13.3. The molecule has 0 amide bonds. The van der Waals surface area contributed by atoms with Crippen LogP contribution in [-0.4, -0.2) is 58.5 Å². The Morgan fingerprint density at radius 3 is 2.65 bits per heavy atom. The first-order chi connectivity index (χ1) is 7.90. The Morgan fingerprint density at radius 2 is 2.18 bits per heavy atom. The minimum absolute atomic E-state index is 0.118. The molecule has 0 aliphatic heterocycles. The molecule has 0 fully saturated rings. The summed E-state index contributed by atoms with van der Waals surface area (Å²) < 4.78 is 22.0. The first kappa shape index (κ1) is 16.0. The highest BCUT2D eigenvalue weighted by Gasteiger charge is 2.06. The summed E-state index contributed by atoms with van der Waals surface area (Å²) in [5, 5.41) is 3.02. The molecule has 0 bridgehead atoms. The maximum Gasteiger partial charge on any atom is 0.193 e. The highest BCUT2D eigenvalue weighted by molar-refractivity contribution is 7.90. The summed E-state index contributed by atoms with van der Waals surface area (Å²) in [5.74, 6) is 0.838. The van der Waals surface area contributed by atoms with E-state index in [1.807, 2.05) is 18.0 Å². The van der Waals surface area contributed by atoms with Gasteiger partial charge in [0.2, 0.25) is 0 Å². The van der Waals surface area contributed by atoms with Gasteiger partial charge in [-0.2, -0.15) is 0 Å². The number of rotatable bonds is 7. The Hall–Kier alpha value is -1.04. The van der Waals surface area contributed by atoms with Crippen LogP contribution in [0.25, 0.3) is 0 Å². The Bertz CT molecular complexity index is 350. The minimum atomic E-state index is -2.92. The van der Waals surface area contributed by atoms with Crippen molar-refractivity contribution >= 4 is 15.8 Å². The van der Waals surface area contributed by atoms with Gasteiger partial charge in [-0.25, -0.2) is 8.42 Å². The van der Waals surface area contributed by atoms with Gasteiger partial charge in [0.25, 0.3) is 0 Å². The molecule has 0 aliphatic carbocycles. The van der Waals surface area contributed by atoms with Crippen LogP contribution < -0.4 is 5.32 Å². The predicted molar refractivity (Wildman–Crippen MR) is 73.1 cm³/mol. The number of hydrogen-bond donors (Lipinski definition) is 1. The third-order valence-corrected chi connectivity index (χ3v) is 3.18. The van der Waals surface area contributed by atoms with E-state index in [1.165, 1.54) is 6.26 Å². The second kappa shape index (κ2) is 8.11. The summed E-state index contributed by atoms with van der Waals surface area (Å²) in [6, 6.07) is 0. The fourth-order valence-electron chi connectivity index (χ4n) is 1.31. The third-order valence-electron chi connectivity index (χ3n) is 2.23. The number of allylic oxidation sites excluding steroid dienone is 1. The van der Waals surface area contributed by atoms with Crippen LogP contribution in [-0.2, 0) is 9.84 Å². The van der Waals surface area contributed by atoms with E-state index >= 15 is 0 Å². The maximum absolute atomic E-state index is 11.0. The number of nitrogens with zero attached hydrogens (tertiary/aromatic N) is 2.